The van der Waals surface area contributed by atoms with Crippen molar-refractivity contribution in [3.05, 3.63) is 50.1 Å². The Bertz CT molecular complexity index is 716. The van der Waals surface area contributed by atoms with E-state index >= 15 is 0 Å². The molecule has 0 saturated carbocycles. The Morgan fingerprint density at radius 2 is 2.19 bits per heavy atom. The first-order valence-electron chi connectivity index (χ1n) is 6.05. The van der Waals surface area contributed by atoms with Gasteiger partial charge < -0.3 is 10.4 Å². The van der Waals surface area contributed by atoms with Crippen molar-refractivity contribution in [2.24, 2.45) is 0 Å². The first-order valence-corrected chi connectivity index (χ1v) is 7.69. The molecule has 21 heavy (non-hydrogen) atoms. The number of nitrogens with one attached hydrogen (secondary N) is 1. The van der Waals surface area contributed by atoms with Gasteiger partial charge in [0.1, 0.15) is 0 Å². The molecule has 1 aromatic carbocycles. The van der Waals surface area contributed by atoms with Crippen LogP contribution >= 0.6 is 34.5 Å². The zero-order valence-corrected chi connectivity index (χ0v) is 13.1. The number of aliphatic hydroxyl groups excluding tert-OH is 1. The molecule has 0 spiro atoms. The van der Waals surface area contributed by atoms with Crippen LogP contribution in [0.1, 0.15) is 21.7 Å². The van der Waals surface area contributed by atoms with Crippen LogP contribution in [0.3, 0.4) is 0 Å². The van der Waals surface area contributed by atoms with Gasteiger partial charge in [-0.2, -0.15) is 0 Å². The van der Waals surface area contributed by atoms with Crippen molar-refractivity contribution >= 4 is 46.1 Å². The quantitative estimate of drug-likeness (QED) is 0.829. The van der Waals surface area contributed by atoms with Crippen LogP contribution in [0.2, 0.25) is 10.0 Å². The molecule has 0 unspecified atom stereocenters. The fourth-order valence-electron chi connectivity index (χ4n) is 1.52. The van der Waals surface area contributed by atoms with Crippen LogP contribution in [0.5, 0.6) is 0 Å². The lowest BCUT2D eigenvalue weighted by Gasteiger charge is -2.06. The lowest BCUT2D eigenvalue weighted by molar-refractivity contribution is 0.102. The SMILES string of the molecule is O=C(Nc1cccc(Cl)c1Cl)c1csc(C#CCCO)c1. The van der Waals surface area contributed by atoms with Crippen LogP contribution in [0, 0.1) is 11.8 Å². The second-order valence-electron chi connectivity index (χ2n) is 4.03. The summed E-state index contributed by atoms with van der Waals surface area (Å²) in [5.74, 6) is 5.42. The van der Waals surface area contributed by atoms with Gasteiger partial charge in [0.2, 0.25) is 0 Å². The van der Waals surface area contributed by atoms with E-state index in [9.17, 15) is 4.79 Å². The van der Waals surface area contributed by atoms with E-state index in [0.29, 0.717) is 27.7 Å². The number of hydrogen-bond acceptors (Lipinski definition) is 3. The lowest BCUT2D eigenvalue weighted by atomic mass is 10.2. The standard InChI is InChI=1S/C15H11Cl2NO2S/c16-12-5-3-6-13(14(12)17)18-15(20)10-8-11(21-9-10)4-1-2-7-19/h3,5-6,8-9,19H,2,7H2,(H,18,20). The van der Waals surface area contributed by atoms with Crippen molar-refractivity contribution in [3.63, 3.8) is 0 Å². The van der Waals surface area contributed by atoms with E-state index in [0.717, 1.165) is 4.88 Å². The molecular weight excluding hydrogens is 329 g/mol. The summed E-state index contributed by atoms with van der Waals surface area (Å²) in [6, 6.07) is 6.74. The molecule has 2 rings (SSSR count). The van der Waals surface area contributed by atoms with Crippen LogP contribution in [0.15, 0.2) is 29.6 Å². The van der Waals surface area contributed by atoms with Crippen LogP contribution in [-0.4, -0.2) is 17.6 Å². The molecule has 0 radical (unpaired) electrons. The molecular formula is C15H11Cl2NO2S. The topological polar surface area (TPSA) is 49.3 Å². The molecule has 3 nitrogen and oxygen atoms in total. The van der Waals surface area contributed by atoms with Gasteiger partial charge in [-0.15, -0.1) is 11.3 Å². The number of hydrogen-bond donors (Lipinski definition) is 2. The number of carbonyl (C=O) groups excluding carboxylic acids is 1. The molecule has 0 saturated heterocycles. The van der Waals surface area contributed by atoms with Crippen molar-refractivity contribution in [2.45, 2.75) is 6.42 Å². The normalized spacial score (nSPS) is 9.86. The van der Waals surface area contributed by atoms with E-state index in [1.165, 1.54) is 11.3 Å². The molecule has 0 bridgehead atoms. The van der Waals surface area contributed by atoms with E-state index in [2.05, 4.69) is 17.2 Å². The van der Waals surface area contributed by atoms with Gasteiger partial charge in [0.25, 0.3) is 5.91 Å². The van der Waals surface area contributed by atoms with Gasteiger partial charge in [0.05, 0.1) is 32.8 Å². The van der Waals surface area contributed by atoms with Crippen molar-refractivity contribution in [2.75, 3.05) is 11.9 Å². The number of rotatable bonds is 3. The summed E-state index contributed by atoms with van der Waals surface area (Å²) < 4.78 is 0. The Hall–Kier alpha value is -1.51. The number of halogens is 2. The zero-order valence-electron chi connectivity index (χ0n) is 10.8. The maximum atomic E-state index is 12.1. The van der Waals surface area contributed by atoms with Crippen LogP contribution in [0.4, 0.5) is 5.69 Å². The maximum absolute atomic E-state index is 12.1. The van der Waals surface area contributed by atoms with Crippen LogP contribution < -0.4 is 5.32 Å². The van der Waals surface area contributed by atoms with E-state index in [1.807, 2.05) is 0 Å². The Balaban J connectivity index is 2.11. The lowest BCUT2D eigenvalue weighted by Crippen LogP contribution is -2.11. The van der Waals surface area contributed by atoms with E-state index in [-0.39, 0.29) is 12.5 Å². The molecule has 0 aliphatic carbocycles. The molecule has 2 N–H and O–H groups in total. The van der Waals surface area contributed by atoms with Gasteiger partial charge in [-0.05, 0) is 18.2 Å². The largest absolute Gasteiger partial charge is 0.395 e. The minimum atomic E-state index is -0.273. The summed E-state index contributed by atoms with van der Waals surface area (Å²) in [6.07, 6.45) is 0.414. The predicted octanol–water partition coefficient (Wildman–Crippen LogP) is 4.04. The second kappa shape index (κ2) is 7.48. The third-order valence-electron chi connectivity index (χ3n) is 2.51. The third kappa shape index (κ3) is 4.23. The van der Waals surface area contributed by atoms with Crippen molar-refractivity contribution in [1.82, 2.24) is 0 Å². The summed E-state index contributed by atoms with van der Waals surface area (Å²) in [4.78, 5) is 12.9. The average Bonchev–Trinajstić information content (AvgIpc) is 2.93. The summed E-state index contributed by atoms with van der Waals surface area (Å²) in [7, 11) is 0. The molecule has 108 valence electrons. The van der Waals surface area contributed by atoms with E-state index in [4.69, 9.17) is 28.3 Å². The van der Waals surface area contributed by atoms with Crippen molar-refractivity contribution in [1.29, 1.82) is 0 Å². The molecule has 6 heteroatoms. The fraction of sp³-hybridized carbons (Fsp3) is 0.133. The molecule has 0 aliphatic rings. The molecule has 0 atom stereocenters. The second-order valence-corrected chi connectivity index (χ2v) is 5.73. The summed E-state index contributed by atoms with van der Waals surface area (Å²) in [5.41, 5.74) is 0.970. The molecule has 1 heterocycles. The fourth-order valence-corrected chi connectivity index (χ4v) is 2.62. The molecule has 1 amide bonds. The number of thiophene rings is 1. The minimum Gasteiger partial charge on any atom is -0.395 e. The number of aliphatic hydroxyl groups is 1. The van der Waals surface area contributed by atoms with Gasteiger partial charge in [-0.3, -0.25) is 4.79 Å². The van der Waals surface area contributed by atoms with Crippen molar-refractivity contribution < 1.29 is 9.90 Å². The van der Waals surface area contributed by atoms with Gasteiger partial charge >= 0.3 is 0 Å². The predicted molar refractivity (Wildman–Crippen MR) is 87.3 cm³/mol. The zero-order chi connectivity index (χ0) is 15.2. The molecule has 0 fully saturated rings. The Morgan fingerprint density at radius 1 is 1.38 bits per heavy atom. The summed E-state index contributed by atoms with van der Waals surface area (Å²) in [6.45, 7) is 0.0268. The highest BCUT2D eigenvalue weighted by Gasteiger charge is 2.11. The number of amides is 1. The Kier molecular flexibility index (Phi) is 5.66. The van der Waals surface area contributed by atoms with Crippen LogP contribution in [0.25, 0.3) is 0 Å². The first-order chi connectivity index (χ1) is 10.1. The van der Waals surface area contributed by atoms with Crippen molar-refractivity contribution in [3.8, 4) is 11.8 Å². The summed E-state index contributed by atoms with van der Waals surface area (Å²) in [5, 5.41) is 13.8. The highest BCUT2D eigenvalue weighted by Crippen LogP contribution is 2.30. The molecule has 1 aromatic heterocycles. The smallest absolute Gasteiger partial charge is 0.256 e. The minimum absolute atomic E-state index is 0.0268. The van der Waals surface area contributed by atoms with E-state index in [1.54, 1.807) is 29.6 Å². The monoisotopic (exact) mass is 339 g/mol. The van der Waals surface area contributed by atoms with E-state index < -0.39 is 0 Å². The van der Waals surface area contributed by atoms with Gasteiger partial charge in [0, 0.05) is 11.8 Å². The summed E-state index contributed by atoms with van der Waals surface area (Å²) >= 11 is 13.3. The van der Waals surface area contributed by atoms with Gasteiger partial charge in [0.15, 0.2) is 0 Å². The number of benzene rings is 1. The number of anilines is 1. The van der Waals surface area contributed by atoms with Gasteiger partial charge in [-0.25, -0.2) is 0 Å². The average molecular weight is 340 g/mol. The van der Waals surface area contributed by atoms with Gasteiger partial charge in [-0.1, -0.05) is 41.1 Å². The number of carbonyl (C=O) groups is 1. The third-order valence-corrected chi connectivity index (χ3v) is 4.17. The highest BCUT2D eigenvalue weighted by atomic mass is 35.5. The Morgan fingerprint density at radius 3 is 2.95 bits per heavy atom. The highest BCUT2D eigenvalue weighted by molar-refractivity contribution is 7.10. The molecule has 2 aromatic rings. The molecule has 0 aliphatic heterocycles. The first kappa shape index (κ1) is 15.9. The Labute approximate surface area is 136 Å². The van der Waals surface area contributed by atoms with Crippen LogP contribution in [-0.2, 0) is 0 Å². The maximum Gasteiger partial charge on any atom is 0.256 e.